The molecule has 3 rings (SSSR count). The van der Waals surface area contributed by atoms with E-state index < -0.39 is 23.9 Å². The Morgan fingerprint density at radius 2 is 1.87 bits per heavy atom. The maximum atomic E-state index is 14.1. The molecule has 7 nitrogen and oxygen atoms in total. The van der Waals surface area contributed by atoms with E-state index >= 15 is 0 Å². The second kappa shape index (κ2) is 9.23. The Balaban J connectivity index is 1.60. The largest absolute Gasteiger partial charge is 0.469 e. The van der Waals surface area contributed by atoms with Crippen LogP contribution in [-0.4, -0.2) is 23.6 Å². The number of urea groups is 1. The molecule has 8 heteroatoms. The first-order valence-electron chi connectivity index (χ1n) is 9.28. The Morgan fingerprint density at radius 3 is 2.57 bits per heavy atom. The molecular weight excluding hydrogens is 389 g/mol. The minimum Gasteiger partial charge on any atom is -0.469 e. The summed E-state index contributed by atoms with van der Waals surface area (Å²) in [5, 5.41) is 17.8. The fraction of sp³-hybridized carbons (Fsp3) is 0.182. The number of anilines is 2. The molecule has 0 radical (unpaired) electrons. The summed E-state index contributed by atoms with van der Waals surface area (Å²) in [4.78, 5) is 24.4. The number of aliphatic hydroxyl groups is 1. The summed E-state index contributed by atoms with van der Waals surface area (Å²) in [7, 11) is 0. The second-order valence-corrected chi connectivity index (χ2v) is 6.75. The van der Waals surface area contributed by atoms with Crippen molar-refractivity contribution in [2.24, 2.45) is 0 Å². The van der Waals surface area contributed by atoms with Crippen LogP contribution in [0.2, 0.25) is 0 Å². The molecule has 156 valence electrons. The number of nitrogens with one attached hydrogen (secondary N) is 3. The maximum absolute atomic E-state index is 14.1. The molecule has 2 aromatic carbocycles. The standard InChI is InChI=1S/C22H22FN3O4/c1-13-5-3-4-6-16(13)20(27)12-24-22(29)25-15-7-8-18(23)19(11-15)26-21(28)17-9-10-30-14(17)2/h3-11,20,27H,12H2,1-2H3,(H,26,28)(H2,24,25,29). The van der Waals surface area contributed by atoms with Crippen LogP contribution in [-0.2, 0) is 0 Å². The summed E-state index contributed by atoms with van der Waals surface area (Å²) in [6, 6.07) is 12.1. The van der Waals surface area contributed by atoms with Gasteiger partial charge < -0.3 is 25.5 Å². The third-order valence-electron chi connectivity index (χ3n) is 4.58. The number of hydrogen-bond donors (Lipinski definition) is 4. The molecule has 0 bridgehead atoms. The van der Waals surface area contributed by atoms with E-state index in [1.165, 1.54) is 24.5 Å². The van der Waals surface area contributed by atoms with E-state index in [1.807, 2.05) is 25.1 Å². The van der Waals surface area contributed by atoms with Crippen molar-refractivity contribution in [2.75, 3.05) is 17.2 Å². The van der Waals surface area contributed by atoms with Gasteiger partial charge in [-0.15, -0.1) is 0 Å². The summed E-state index contributed by atoms with van der Waals surface area (Å²) in [6.07, 6.45) is 0.507. The summed E-state index contributed by atoms with van der Waals surface area (Å²) >= 11 is 0. The summed E-state index contributed by atoms with van der Waals surface area (Å²) in [5.41, 5.74) is 2.12. The number of furan rings is 1. The lowest BCUT2D eigenvalue weighted by Gasteiger charge is -2.15. The molecule has 3 amide bonds. The van der Waals surface area contributed by atoms with Gasteiger partial charge in [0.15, 0.2) is 0 Å². The number of amides is 3. The number of aryl methyl sites for hydroxylation is 2. The molecule has 1 heterocycles. The highest BCUT2D eigenvalue weighted by molar-refractivity contribution is 6.05. The van der Waals surface area contributed by atoms with Crippen molar-refractivity contribution < 1.29 is 23.5 Å². The van der Waals surface area contributed by atoms with Gasteiger partial charge in [-0.05, 0) is 49.2 Å². The van der Waals surface area contributed by atoms with Gasteiger partial charge >= 0.3 is 6.03 Å². The molecule has 0 saturated carbocycles. The normalized spacial score (nSPS) is 11.6. The Bertz CT molecular complexity index is 1060. The van der Waals surface area contributed by atoms with E-state index in [2.05, 4.69) is 16.0 Å². The van der Waals surface area contributed by atoms with E-state index in [-0.39, 0.29) is 23.5 Å². The van der Waals surface area contributed by atoms with Gasteiger partial charge in [-0.3, -0.25) is 4.79 Å². The van der Waals surface area contributed by atoms with Crippen molar-refractivity contribution in [3.8, 4) is 0 Å². The lowest BCUT2D eigenvalue weighted by Crippen LogP contribution is -2.32. The zero-order chi connectivity index (χ0) is 21.7. The number of carbonyl (C=O) groups is 2. The molecule has 30 heavy (non-hydrogen) atoms. The van der Waals surface area contributed by atoms with Gasteiger partial charge in [-0.1, -0.05) is 24.3 Å². The first kappa shape index (κ1) is 21.1. The predicted molar refractivity (Wildman–Crippen MR) is 111 cm³/mol. The number of benzene rings is 2. The van der Waals surface area contributed by atoms with E-state index in [0.29, 0.717) is 5.76 Å². The van der Waals surface area contributed by atoms with Gasteiger partial charge in [0.2, 0.25) is 0 Å². The molecule has 1 aromatic heterocycles. The molecule has 3 aromatic rings. The van der Waals surface area contributed by atoms with Gasteiger partial charge in [0.1, 0.15) is 11.6 Å². The highest BCUT2D eigenvalue weighted by Gasteiger charge is 2.15. The third-order valence-corrected chi connectivity index (χ3v) is 4.58. The van der Waals surface area contributed by atoms with Crippen LogP contribution in [0.1, 0.15) is 33.3 Å². The number of hydrogen-bond acceptors (Lipinski definition) is 4. The molecule has 0 aliphatic carbocycles. The highest BCUT2D eigenvalue weighted by Crippen LogP contribution is 2.21. The third kappa shape index (κ3) is 5.03. The number of rotatable bonds is 6. The fourth-order valence-corrected chi connectivity index (χ4v) is 2.94. The monoisotopic (exact) mass is 411 g/mol. The molecule has 0 aliphatic rings. The fourth-order valence-electron chi connectivity index (χ4n) is 2.94. The number of aliphatic hydroxyl groups excluding tert-OH is 1. The predicted octanol–water partition coefficient (Wildman–Crippen LogP) is 4.14. The Morgan fingerprint density at radius 1 is 1.10 bits per heavy atom. The van der Waals surface area contributed by atoms with Crippen LogP contribution in [0, 0.1) is 19.7 Å². The van der Waals surface area contributed by atoms with E-state index in [0.717, 1.165) is 17.2 Å². The van der Waals surface area contributed by atoms with Crippen molar-refractivity contribution in [3.63, 3.8) is 0 Å². The van der Waals surface area contributed by atoms with Crippen LogP contribution in [0.25, 0.3) is 0 Å². The van der Waals surface area contributed by atoms with Crippen LogP contribution in [0.15, 0.2) is 59.2 Å². The Labute approximate surface area is 172 Å². The Hall–Kier alpha value is -3.65. The molecule has 0 aliphatic heterocycles. The lowest BCUT2D eigenvalue weighted by atomic mass is 10.0. The average Bonchev–Trinajstić information content (AvgIpc) is 3.15. The van der Waals surface area contributed by atoms with Gasteiger partial charge in [-0.25, -0.2) is 9.18 Å². The highest BCUT2D eigenvalue weighted by atomic mass is 19.1. The van der Waals surface area contributed by atoms with Crippen LogP contribution in [0.5, 0.6) is 0 Å². The summed E-state index contributed by atoms with van der Waals surface area (Å²) < 4.78 is 19.2. The SMILES string of the molecule is Cc1ccccc1C(O)CNC(=O)Nc1ccc(F)c(NC(=O)c2ccoc2C)c1. The molecule has 1 unspecified atom stereocenters. The molecule has 0 fully saturated rings. The summed E-state index contributed by atoms with van der Waals surface area (Å²) in [5.74, 6) is -0.762. The van der Waals surface area contributed by atoms with E-state index in [1.54, 1.807) is 13.0 Å². The van der Waals surface area contributed by atoms with E-state index in [9.17, 15) is 19.1 Å². The van der Waals surface area contributed by atoms with Crippen molar-refractivity contribution >= 4 is 23.3 Å². The topological polar surface area (TPSA) is 104 Å². The van der Waals surface area contributed by atoms with Crippen molar-refractivity contribution in [1.29, 1.82) is 0 Å². The van der Waals surface area contributed by atoms with Crippen molar-refractivity contribution in [1.82, 2.24) is 5.32 Å². The maximum Gasteiger partial charge on any atom is 0.319 e. The average molecular weight is 411 g/mol. The van der Waals surface area contributed by atoms with Gasteiger partial charge in [0, 0.05) is 12.2 Å². The van der Waals surface area contributed by atoms with E-state index in [4.69, 9.17) is 4.42 Å². The molecule has 4 N–H and O–H groups in total. The Kier molecular flexibility index (Phi) is 6.48. The minimum atomic E-state index is -0.863. The second-order valence-electron chi connectivity index (χ2n) is 6.75. The van der Waals surface area contributed by atoms with Crippen LogP contribution in [0.4, 0.5) is 20.6 Å². The van der Waals surface area contributed by atoms with Crippen molar-refractivity contribution in [3.05, 3.63) is 83.1 Å². The van der Waals surface area contributed by atoms with Crippen LogP contribution in [0.3, 0.4) is 0 Å². The zero-order valence-electron chi connectivity index (χ0n) is 16.5. The first-order valence-corrected chi connectivity index (χ1v) is 9.28. The molecule has 0 spiro atoms. The smallest absolute Gasteiger partial charge is 0.319 e. The molecular formula is C22H22FN3O4. The van der Waals surface area contributed by atoms with Crippen LogP contribution < -0.4 is 16.0 Å². The molecule has 1 atom stereocenters. The van der Waals surface area contributed by atoms with Crippen LogP contribution >= 0.6 is 0 Å². The molecule has 0 saturated heterocycles. The minimum absolute atomic E-state index is 0.00123. The van der Waals surface area contributed by atoms with Crippen molar-refractivity contribution in [2.45, 2.75) is 20.0 Å². The zero-order valence-corrected chi connectivity index (χ0v) is 16.5. The number of carbonyl (C=O) groups excluding carboxylic acids is 2. The number of halogens is 1. The first-order chi connectivity index (χ1) is 14.3. The lowest BCUT2D eigenvalue weighted by molar-refractivity contribution is 0.102. The van der Waals surface area contributed by atoms with Gasteiger partial charge in [-0.2, -0.15) is 0 Å². The summed E-state index contributed by atoms with van der Waals surface area (Å²) in [6.45, 7) is 3.50. The quantitative estimate of drug-likeness (QED) is 0.489. The van der Waals surface area contributed by atoms with Gasteiger partial charge in [0.05, 0.1) is 23.6 Å². The van der Waals surface area contributed by atoms with Gasteiger partial charge in [0.25, 0.3) is 5.91 Å².